The number of benzene rings is 8. The number of hydrogen-bond acceptors (Lipinski definition) is 12. The molecule has 0 aromatic heterocycles. The number of rotatable bonds is 3. The van der Waals surface area contributed by atoms with Crippen LogP contribution in [0.2, 0.25) is 0 Å². The third-order valence-electron chi connectivity index (χ3n) is 9.18. The Labute approximate surface area is 256 Å². The highest BCUT2D eigenvalue weighted by molar-refractivity contribution is 6.50. The zero-order chi connectivity index (χ0) is 33.3. The first-order chi connectivity index (χ1) is 21.7. The molecule has 0 fully saturated rings. The molecule has 8 aromatic carbocycles. The number of hydrogen-bond donors (Lipinski definition) is 10. The molecule has 0 radical (unpaired) electrons. The van der Waals surface area contributed by atoms with Crippen molar-refractivity contribution < 1.29 is 46.0 Å². The van der Waals surface area contributed by atoms with Crippen LogP contribution in [0.4, 0.5) is 0 Å². The Hall–Kier alpha value is -5.40. The predicted molar refractivity (Wildman–Crippen MR) is 174 cm³/mol. The molecule has 0 heterocycles. The van der Waals surface area contributed by atoms with Crippen LogP contribution in [0.3, 0.4) is 0 Å². The number of phenolic OH excluding ortho intramolecular Hbond substituents is 6. The van der Waals surface area contributed by atoms with Crippen molar-refractivity contribution in [1.29, 1.82) is 0 Å². The number of nitrogens with two attached hydrogens (primary N) is 1. The van der Waals surface area contributed by atoms with Crippen LogP contribution in [-0.4, -0.2) is 71.3 Å². The fraction of sp³-hybridized carbons (Fsp3) is 0.176. The van der Waals surface area contributed by atoms with Crippen LogP contribution >= 0.6 is 0 Å². The first-order valence-corrected chi connectivity index (χ1v) is 14.1. The van der Waals surface area contributed by atoms with Crippen LogP contribution < -0.4 is 16.6 Å². The highest BCUT2D eigenvalue weighted by Gasteiger charge is 2.33. The van der Waals surface area contributed by atoms with Crippen molar-refractivity contribution in [1.82, 2.24) is 0 Å². The van der Waals surface area contributed by atoms with Gasteiger partial charge in [-0.3, -0.25) is 9.59 Å². The zero-order valence-electron chi connectivity index (χ0n) is 24.3. The van der Waals surface area contributed by atoms with Gasteiger partial charge in [-0.1, -0.05) is 0 Å². The number of aromatic hydroxyl groups is 6. The first kappa shape index (κ1) is 29.3. The van der Waals surface area contributed by atoms with E-state index < -0.39 is 59.2 Å². The van der Waals surface area contributed by atoms with E-state index in [9.17, 15) is 40.2 Å². The van der Waals surface area contributed by atoms with Crippen LogP contribution in [0.15, 0.2) is 33.9 Å². The van der Waals surface area contributed by atoms with Crippen molar-refractivity contribution >= 4 is 75.4 Å². The highest BCUT2D eigenvalue weighted by atomic mass is 16.3. The van der Waals surface area contributed by atoms with Crippen molar-refractivity contribution in [2.75, 3.05) is 19.8 Å². The van der Waals surface area contributed by atoms with E-state index in [-0.39, 0.29) is 54.6 Å². The van der Waals surface area contributed by atoms with Gasteiger partial charge in [0.15, 0.2) is 0 Å². The summed E-state index contributed by atoms with van der Waals surface area (Å²) in [6, 6.07) is 4.86. The molecule has 0 saturated carbocycles. The molecule has 12 heteroatoms. The van der Waals surface area contributed by atoms with Crippen molar-refractivity contribution in [3.63, 3.8) is 0 Å². The van der Waals surface area contributed by atoms with Crippen LogP contribution in [-0.2, 0) is 0 Å². The van der Waals surface area contributed by atoms with Crippen molar-refractivity contribution in [3.05, 3.63) is 55.8 Å². The van der Waals surface area contributed by atoms with E-state index in [0.29, 0.717) is 43.4 Å². The molecule has 0 atom stereocenters. The van der Waals surface area contributed by atoms with Gasteiger partial charge >= 0.3 is 0 Å². The number of phenols is 6. The number of aryl methyl sites for hydroxylation is 2. The van der Waals surface area contributed by atoms with Crippen molar-refractivity contribution in [2.45, 2.75) is 19.4 Å². The lowest BCUT2D eigenvalue weighted by atomic mass is 9.78. The predicted octanol–water partition coefficient (Wildman–Crippen LogP) is 2.74. The van der Waals surface area contributed by atoms with Crippen LogP contribution in [0.5, 0.6) is 34.5 Å². The Balaban J connectivity index is 0.000000378. The second-order valence-corrected chi connectivity index (χ2v) is 12.0. The maximum absolute atomic E-state index is 13.9. The maximum atomic E-state index is 13.9. The zero-order valence-corrected chi connectivity index (χ0v) is 24.3. The summed E-state index contributed by atoms with van der Waals surface area (Å²) in [6.07, 6.45) is 0. The molecule has 0 aliphatic rings. The van der Waals surface area contributed by atoms with Gasteiger partial charge in [0.05, 0.1) is 46.9 Å². The molecule has 0 saturated heterocycles. The van der Waals surface area contributed by atoms with Gasteiger partial charge in [0, 0.05) is 55.2 Å². The summed E-state index contributed by atoms with van der Waals surface area (Å²) < 4.78 is 0. The second-order valence-electron chi connectivity index (χ2n) is 12.0. The van der Waals surface area contributed by atoms with Crippen LogP contribution in [0.1, 0.15) is 11.1 Å². The third-order valence-corrected chi connectivity index (χ3v) is 9.18. The standard InChI is InChI=1S/C30H16O8.C4H11NO3/c1-7-3-9(31)19-23-15(7)16-8(2)4-10(32)20-24(16)28-26-18(12(34)6-14(36)22(26)30(20)38)17-11(33)5-13(35)21(29(19)37)25(17)27(23)28;5-4(1-6,2-7)3-8/h3-6,31-36H,1-2H3;6-8H,1-3,5H2. The summed E-state index contributed by atoms with van der Waals surface area (Å²) in [5, 5.41) is 93.5. The minimum Gasteiger partial charge on any atom is -0.507 e. The molecule has 12 nitrogen and oxygen atoms in total. The third kappa shape index (κ3) is 3.35. The minimum atomic E-state index is -1.21. The van der Waals surface area contributed by atoms with Gasteiger partial charge in [-0.25, -0.2) is 0 Å². The van der Waals surface area contributed by atoms with E-state index >= 15 is 0 Å². The van der Waals surface area contributed by atoms with Gasteiger partial charge in [-0.15, -0.1) is 0 Å². The summed E-state index contributed by atoms with van der Waals surface area (Å²) in [5.41, 5.74) is 3.83. The first-order valence-electron chi connectivity index (χ1n) is 14.1. The molecule has 234 valence electrons. The molecule has 11 N–H and O–H groups in total. The van der Waals surface area contributed by atoms with Gasteiger partial charge in [0.25, 0.3) is 0 Å². The lowest BCUT2D eigenvalue weighted by Gasteiger charge is -2.25. The molecule has 0 unspecified atom stereocenters. The fourth-order valence-corrected chi connectivity index (χ4v) is 7.13. The Kier molecular flexibility index (Phi) is 5.94. The molecular formula is C34H27NO11. The van der Waals surface area contributed by atoms with Gasteiger partial charge in [0.1, 0.15) is 34.5 Å². The molecule has 0 amide bonds. The Morgan fingerprint density at radius 3 is 0.957 bits per heavy atom. The average Bonchev–Trinajstić information content (AvgIpc) is 2.99. The van der Waals surface area contributed by atoms with Crippen molar-refractivity contribution in [2.24, 2.45) is 5.73 Å². The van der Waals surface area contributed by atoms with E-state index in [2.05, 4.69) is 0 Å². The van der Waals surface area contributed by atoms with Gasteiger partial charge < -0.3 is 51.7 Å². The number of fused-ring (bicyclic) bond motifs is 2. The lowest BCUT2D eigenvalue weighted by Crippen LogP contribution is -2.50. The molecular weight excluding hydrogens is 598 g/mol. The maximum Gasteiger partial charge on any atom is 0.201 e. The van der Waals surface area contributed by atoms with E-state index in [0.717, 1.165) is 12.1 Å². The normalized spacial score (nSPS) is 12.7. The average molecular weight is 626 g/mol. The highest BCUT2D eigenvalue weighted by Crippen LogP contribution is 2.56. The minimum absolute atomic E-state index is 0.0211. The van der Waals surface area contributed by atoms with E-state index in [1.807, 2.05) is 0 Å². The SMILES string of the molecule is Cc1cc(O)c2c(=O)c3c(O)cc(O)c4c5c(O)cc(O)c6c(=O)c7c(O)cc(C)c8c1c2c(c34)c(c78)c65.NC(CO)(CO)CO. The summed E-state index contributed by atoms with van der Waals surface area (Å²) >= 11 is 0. The van der Waals surface area contributed by atoms with E-state index in [1.54, 1.807) is 13.8 Å². The summed E-state index contributed by atoms with van der Waals surface area (Å²) in [7, 11) is 0. The molecule has 8 aromatic rings. The van der Waals surface area contributed by atoms with E-state index in [1.165, 1.54) is 12.1 Å². The molecule has 0 aliphatic heterocycles. The number of aliphatic hydroxyl groups excluding tert-OH is 3. The number of aliphatic hydroxyl groups is 3. The summed E-state index contributed by atoms with van der Waals surface area (Å²) in [4.78, 5) is 27.8. The molecule has 0 bridgehead atoms. The molecule has 0 aliphatic carbocycles. The smallest absolute Gasteiger partial charge is 0.201 e. The van der Waals surface area contributed by atoms with Gasteiger partial charge in [0.2, 0.25) is 10.9 Å². The Morgan fingerprint density at radius 1 is 0.435 bits per heavy atom. The molecule has 8 rings (SSSR count). The monoisotopic (exact) mass is 625 g/mol. The quantitative estimate of drug-likeness (QED) is 0.101. The van der Waals surface area contributed by atoms with Crippen LogP contribution in [0.25, 0.3) is 75.4 Å². The van der Waals surface area contributed by atoms with Gasteiger partial charge in [-0.2, -0.15) is 0 Å². The molecule has 0 spiro atoms. The second kappa shape index (κ2) is 9.31. The fourth-order valence-electron chi connectivity index (χ4n) is 7.13. The van der Waals surface area contributed by atoms with E-state index in [4.69, 9.17) is 21.1 Å². The van der Waals surface area contributed by atoms with Crippen LogP contribution in [0, 0.1) is 13.8 Å². The van der Waals surface area contributed by atoms with Gasteiger partial charge in [-0.05, 0) is 47.9 Å². The Morgan fingerprint density at radius 2 is 0.674 bits per heavy atom. The topological polar surface area (TPSA) is 242 Å². The lowest BCUT2D eigenvalue weighted by molar-refractivity contribution is 0.0697. The summed E-state index contributed by atoms with van der Waals surface area (Å²) in [5.74, 6) is -2.51. The molecule has 46 heavy (non-hydrogen) atoms. The summed E-state index contributed by atoms with van der Waals surface area (Å²) in [6.45, 7) is 2.30. The van der Waals surface area contributed by atoms with Crippen molar-refractivity contribution in [3.8, 4) is 34.5 Å². The largest absolute Gasteiger partial charge is 0.507 e. The Bertz CT molecular complexity index is 2330.